The molecule has 0 aromatic rings. The van der Waals surface area contributed by atoms with Crippen molar-refractivity contribution in [3.8, 4) is 0 Å². The van der Waals surface area contributed by atoms with Gasteiger partial charge < -0.3 is 10.1 Å². The van der Waals surface area contributed by atoms with Gasteiger partial charge in [-0.25, -0.2) is 0 Å². The Balaban J connectivity index is 3.70. The van der Waals surface area contributed by atoms with Crippen molar-refractivity contribution >= 4 is 28.4 Å². The number of hydrogen-bond acceptors (Lipinski definition) is 5. The molecule has 5 heteroatoms. The summed E-state index contributed by atoms with van der Waals surface area (Å²) >= 11 is 4.01. The van der Waals surface area contributed by atoms with Crippen molar-refractivity contribution in [3.63, 3.8) is 0 Å². The van der Waals surface area contributed by atoms with Crippen LogP contribution in [0.2, 0.25) is 0 Å². The minimum absolute atomic E-state index is 0.0241. The minimum Gasteiger partial charge on any atom is -0.464 e. The molecule has 0 aliphatic rings. The highest BCUT2D eigenvalue weighted by Gasteiger charge is 2.17. The summed E-state index contributed by atoms with van der Waals surface area (Å²) in [5, 5.41) is 3.08. The lowest BCUT2D eigenvalue weighted by Gasteiger charge is -2.20. The van der Waals surface area contributed by atoms with E-state index in [0.29, 0.717) is 6.61 Å². The summed E-state index contributed by atoms with van der Waals surface area (Å²) in [4.78, 5) is 11.5. The second kappa shape index (κ2) is 7.41. The van der Waals surface area contributed by atoms with Gasteiger partial charge in [-0.3, -0.25) is 4.79 Å². The van der Waals surface area contributed by atoms with Crippen LogP contribution in [0.5, 0.6) is 0 Å². The largest absolute Gasteiger partial charge is 0.464 e. The molecular formula is C10H21NO2S2. The first-order valence-electron chi connectivity index (χ1n) is 5.03. The van der Waals surface area contributed by atoms with Gasteiger partial charge in [0, 0.05) is 12.3 Å². The first-order valence-corrected chi connectivity index (χ1v) is 7.07. The Morgan fingerprint density at radius 2 is 2.13 bits per heavy atom. The van der Waals surface area contributed by atoms with Gasteiger partial charge in [0.05, 0.1) is 6.61 Å². The van der Waals surface area contributed by atoms with Crippen molar-refractivity contribution in [2.24, 2.45) is 5.41 Å². The van der Waals surface area contributed by atoms with Gasteiger partial charge in [-0.2, -0.15) is 0 Å². The van der Waals surface area contributed by atoms with Crippen molar-refractivity contribution < 1.29 is 9.53 Å². The third-order valence-corrected chi connectivity index (χ3v) is 2.58. The minimum atomic E-state index is -0.243. The molecule has 0 heterocycles. The Morgan fingerprint density at radius 1 is 1.53 bits per heavy atom. The maximum Gasteiger partial charge on any atom is 0.322 e. The van der Waals surface area contributed by atoms with Crippen molar-refractivity contribution in [1.82, 2.24) is 5.32 Å². The van der Waals surface area contributed by atoms with Gasteiger partial charge in [0.2, 0.25) is 0 Å². The fourth-order valence-electron chi connectivity index (χ4n) is 0.817. The molecule has 0 aliphatic heterocycles. The highest BCUT2D eigenvalue weighted by molar-refractivity contribution is 8.68. The molecule has 0 bridgehead atoms. The van der Waals surface area contributed by atoms with Gasteiger partial charge in [0.25, 0.3) is 0 Å². The molecule has 0 amide bonds. The number of esters is 1. The fourth-order valence-corrected chi connectivity index (χ4v) is 1.30. The van der Waals surface area contributed by atoms with E-state index in [2.05, 4.69) is 17.0 Å². The van der Waals surface area contributed by atoms with Gasteiger partial charge in [0.15, 0.2) is 0 Å². The summed E-state index contributed by atoms with van der Waals surface area (Å²) < 4.78 is 5.17. The fraction of sp³-hybridized carbons (Fsp3) is 0.900. The van der Waals surface area contributed by atoms with Gasteiger partial charge in [0.1, 0.15) is 6.04 Å². The van der Waals surface area contributed by atoms with E-state index in [-0.39, 0.29) is 17.4 Å². The zero-order valence-corrected chi connectivity index (χ0v) is 11.6. The first-order chi connectivity index (χ1) is 6.87. The molecule has 0 rings (SSSR count). The Morgan fingerprint density at radius 3 is 2.60 bits per heavy atom. The predicted molar refractivity (Wildman–Crippen MR) is 69.3 cm³/mol. The van der Waals surface area contributed by atoms with Crippen molar-refractivity contribution in [3.05, 3.63) is 0 Å². The zero-order chi connectivity index (χ0) is 11.9. The van der Waals surface area contributed by atoms with E-state index in [1.165, 1.54) is 10.8 Å². The standard InChI is InChI=1S/C10H21NO2S2/c1-8(11-5-6-15-14)9(12)13-7-10(2,3)4/h8,11,14H,5-7H2,1-4H3. The van der Waals surface area contributed by atoms with E-state index in [4.69, 9.17) is 4.74 Å². The second-order valence-electron chi connectivity index (χ2n) is 4.68. The maximum atomic E-state index is 11.5. The molecule has 0 spiro atoms. The SMILES string of the molecule is CC(NCCSS)C(=O)OCC(C)(C)C. The van der Waals surface area contributed by atoms with Crippen molar-refractivity contribution in [2.45, 2.75) is 33.7 Å². The zero-order valence-electron chi connectivity index (χ0n) is 9.87. The number of carbonyl (C=O) groups excluding carboxylic acids is 1. The van der Waals surface area contributed by atoms with E-state index in [1.54, 1.807) is 0 Å². The van der Waals surface area contributed by atoms with E-state index in [1.807, 2.05) is 27.7 Å². The number of thiol groups is 1. The van der Waals surface area contributed by atoms with E-state index < -0.39 is 0 Å². The summed E-state index contributed by atoms with van der Waals surface area (Å²) in [6, 6.07) is -0.243. The molecule has 3 nitrogen and oxygen atoms in total. The van der Waals surface area contributed by atoms with E-state index in [0.717, 1.165) is 12.3 Å². The molecule has 0 radical (unpaired) electrons. The molecule has 0 saturated heterocycles. The summed E-state index contributed by atoms with van der Waals surface area (Å²) in [5.74, 6) is 0.689. The van der Waals surface area contributed by atoms with Gasteiger partial charge in [-0.15, -0.1) is 11.7 Å². The Labute approximate surface area is 102 Å². The number of hydrogen-bond donors (Lipinski definition) is 2. The van der Waals surface area contributed by atoms with Crippen LogP contribution in [0, 0.1) is 5.41 Å². The Kier molecular flexibility index (Phi) is 7.48. The number of carbonyl (C=O) groups is 1. The maximum absolute atomic E-state index is 11.5. The molecule has 1 unspecified atom stereocenters. The summed E-state index contributed by atoms with van der Waals surface area (Å²) in [6.45, 7) is 9.15. The average Bonchev–Trinajstić information content (AvgIpc) is 2.13. The van der Waals surface area contributed by atoms with Gasteiger partial charge >= 0.3 is 5.97 Å². The molecule has 0 aliphatic carbocycles. The quantitative estimate of drug-likeness (QED) is 0.328. The van der Waals surface area contributed by atoms with E-state index >= 15 is 0 Å². The lowest BCUT2D eigenvalue weighted by Crippen LogP contribution is -2.37. The molecule has 1 N–H and O–H groups in total. The van der Waals surface area contributed by atoms with Gasteiger partial charge in [-0.05, 0) is 12.3 Å². The van der Waals surface area contributed by atoms with Crippen LogP contribution in [0.3, 0.4) is 0 Å². The summed E-state index contributed by atoms with van der Waals surface area (Å²) in [6.07, 6.45) is 0. The lowest BCUT2D eigenvalue weighted by molar-refractivity contribution is -0.148. The Bertz CT molecular complexity index is 192. The first kappa shape index (κ1) is 15.1. The second-order valence-corrected chi connectivity index (χ2v) is 6.12. The van der Waals surface area contributed by atoms with Crippen molar-refractivity contribution in [2.75, 3.05) is 18.9 Å². The molecular weight excluding hydrogens is 230 g/mol. The molecule has 15 heavy (non-hydrogen) atoms. The van der Waals surface area contributed by atoms with Crippen LogP contribution in [0.25, 0.3) is 0 Å². The van der Waals surface area contributed by atoms with Crippen LogP contribution in [0.1, 0.15) is 27.7 Å². The highest BCUT2D eigenvalue weighted by Crippen LogP contribution is 2.13. The topological polar surface area (TPSA) is 38.3 Å². The number of nitrogens with one attached hydrogen (secondary N) is 1. The average molecular weight is 251 g/mol. The van der Waals surface area contributed by atoms with Crippen LogP contribution in [0.4, 0.5) is 0 Å². The van der Waals surface area contributed by atoms with Gasteiger partial charge in [-0.1, -0.05) is 31.6 Å². The van der Waals surface area contributed by atoms with Crippen LogP contribution in [-0.2, 0) is 9.53 Å². The normalized spacial score (nSPS) is 13.7. The van der Waals surface area contributed by atoms with Crippen LogP contribution in [-0.4, -0.2) is 30.9 Å². The number of rotatable bonds is 6. The molecule has 0 fully saturated rings. The van der Waals surface area contributed by atoms with Crippen LogP contribution >= 0.6 is 22.5 Å². The highest BCUT2D eigenvalue weighted by atomic mass is 33.1. The van der Waals surface area contributed by atoms with Crippen LogP contribution in [0.15, 0.2) is 0 Å². The predicted octanol–water partition coefficient (Wildman–Crippen LogP) is 2.13. The monoisotopic (exact) mass is 251 g/mol. The summed E-state index contributed by atoms with van der Waals surface area (Å²) in [5.41, 5.74) is 0.0241. The molecule has 0 aromatic carbocycles. The van der Waals surface area contributed by atoms with Crippen molar-refractivity contribution in [1.29, 1.82) is 0 Å². The summed E-state index contributed by atoms with van der Waals surface area (Å²) in [7, 11) is 1.45. The smallest absolute Gasteiger partial charge is 0.322 e. The molecule has 0 aromatic heterocycles. The van der Waals surface area contributed by atoms with E-state index in [9.17, 15) is 4.79 Å². The third kappa shape index (κ3) is 9.08. The third-order valence-electron chi connectivity index (χ3n) is 1.64. The molecule has 90 valence electrons. The molecule has 1 atom stereocenters. The molecule has 0 saturated carbocycles. The lowest BCUT2D eigenvalue weighted by atomic mass is 9.99. The number of ether oxygens (including phenoxy) is 1. The Hall–Kier alpha value is 0.130. The van der Waals surface area contributed by atoms with Crippen LogP contribution < -0.4 is 5.32 Å².